The molecule has 5 aromatic rings. The summed E-state index contributed by atoms with van der Waals surface area (Å²) in [7, 11) is 0. The summed E-state index contributed by atoms with van der Waals surface area (Å²) in [6.45, 7) is 2.77. The molecule has 4 heterocycles. The van der Waals surface area contributed by atoms with Crippen LogP contribution in [-0.4, -0.2) is 37.6 Å². The molecule has 0 aliphatic carbocycles. The lowest BCUT2D eigenvalue weighted by Gasteiger charge is -2.16. The van der Waals surface area contributed by atoms with Crippen LogP contribution >= 0.6 is 0 Å². The van der Waals surface area contributed by atoms with Crippen molar-refractivity contribution in [3.8, 4) is 0 Å². The number of fused-ring (bicyclic) bond motifs is 5. The topological polar surface area (TPSA) is 79.6 Å². The maximum atomic E-state index is 13.4. The van der Waals surface area contributed by atoms with Crippen LogP contribution < -0.4 is 5.32 Å². The lowest BCUT2D eigenvalue weighted by atomic mass is 10.1. The van der Waals surface area contributed by atoms with Crippen molar-refractivity contribution in [2.75, 3.05) is 11.9 Å². The Morgan fingerprint density at radius 3 is 2.62 bits per heavy atom. The molecule has 0 bridgehead atoms. The molecule has 168 valence electrons. The molecule has 2 aromatic carbocycles. The monoisotopic (exact) mass is 449 g/mol. The summed E-state index contributed by atoms with van der Waals surface area (Å²) in [4.78, 5) is 36.9. The Balaban J connectivity index is 1.38. The van der Waals surface area contributed by atoms with Crippen molar-refractivity contribution in [1.82, 2.24) is 19.3 Å². The zero-order valence-corrected chi connectivity index (χ0v) is 18.7. The maximum absolute atomic E-state index is 13.4. The van der Waals surface area contributed by atoms with Crippen molar-refractivity contribution in [3.05, 3.63) is 84.4 Å². The van der Waals surface area contributed by atoms with Crippen LogP contribution in [0.5, 0.6) is 0 Å². The van der Waals surface area contributed by atoms with Crippen LogP contribution in [0.2, 0.25) is 0 Å². The van der Waals surface area contributed by atoms with Crippen LogP contribution in [0.1, 0.15) is 17.9 Å². The Hall–Kier alpha value is -4.26. The summed E-state index contributed by atoms with van der Waals surface area (Å²) < 4.78 is 2.10. The van der Waals surface area contributed by atoms with E-state index < -0.39 is 5.92 Å². The number of rotatable bonds is 4. The number of pyridine rings is 1. The third-order valence-electron chi connectivity index (χ3n) is 6.55. The van der Waals surface area contributed by atoms with E-state index in [-0.39, 0.29) is 18.2 Å². The van der Waals surface area contributed by atoms with Crippen LogP contribution in [0.4, 0.5) is 5.69 Å². The van der Waals surface area contributed by atoms with Gasteiger partial charge in [-0.3, -0.25) is 19.0 Å². The zero-order valence-electron chi connectivity index (χ0n) is 18.7. The van der Waals surface area contributed by atoms with Crippen molar-refractivity contribution < 1.29 is 9.59 Å². The lowest BCUT2D eigenvalue weighted by Crippen LogP contribution is -2.28. The number of nitrogens with one attached hydrogen (secondary N) is 1. The van der Waals surface area contributed by atoms with E-state index >= 15 is 0 Å². The average Bonchev–Trinajstić information content (AvgIpc) is 3.38. The number of amides is 2. The van der Waals surface area contributed by atoms with Gasteiger partial charge in [-0.15, -0.1) is 0 Å². The van der Waals surface area contributed by atoms with Crippen molar-refractivity contribution in [3.63, 3.8) is 0 Å². The predicted molar refractivity (Wildman–Crippen MR) is 131 cm³/mol. The number of aryl methyl sites for hydroxylation is 1. The van der Waals surface area contributed by atoms with Gasteiger partial charge in [-0.25, -0.2) is 4.98 Å². The molecule has 2 amide bonds. The van der Waals surface area contributed by atoms with Gasteiger partial charge in [-0.2, -0.15) is 0 Å². The number of hydrogen-bond acceptors (Lipinski definition) is 4. The molecular formula is C27H23N5O2. The van der Waals surface area contributed by atoms with E-state index in [1.807, 2.05) is 73.7 Å². The van der Waals surface area contributed by atoms with Gasteiger partial charge >= 0.3 is 0 Å². The molecule has 7 nitrogen and oxygen atoms in total. The number of benzene rings is 2. The Morgan fingerprint density at radius 2 is 1.79 bits per heavy atom. The molecule has 1 fully saturated rings. The van der Waals surface area contributed by atoms with Gasteiger partial charge in [-0.05, 0) is 31.2 Å². The van der Waals surface area contributed by atoms with E-state index in [0.29, 0.717) is 13.1 Å². The number of anilines is 1. The predicted octanol–water partition coefficient (Wildman–Crippen LogP) is 4.33. The molecule has 7 heteroatoms. The van der Waals surface area contributed by atoms with E-state index in [1.54, 1.807) is 11.1 Å². The molecular weight excluding hydrogens is 426 g/mol. The molecule has 3 aromatic heterocycles. The quantitative estimate of drug-likeness (QED) is 0.443. The molecule has 1 saturated heterocycles. The second-order valence-electron chi connectivity index (χ2n) is 8.74. The van der Waals surface area contributed by atoms with Gasteiger partial charge in [0.1, 0.15) is 5.82 Å². The number of carbonyl (C=O) groups is 2. The number of para-hydroxylation sites is 2. The zero-order chi connectivity index (χ0) is 23.2. The van der Waals surface area contributed by atoms with Crippen LogP contribution in [0.3, 0.4) is 0 Å². The second-order valence-corrected chi connectivity index (χ2v) is 8.74. The molecule has 6 rings (SSSR count). The number of nitrogens with zero attached hydrogens (tertiary/aromatic N) is 4. The number of aromatic nitrogens is 3. The first-order chi connectivity index (χ1) is 16.6. The van der Waals surface area contributed by atoms with E-state index in [2.05, 4.69) is 14.7 Å². The highest BCUT2D eigenvalue weighted by Crippen LogP contribution is 2.37. The van der Waals surface area contributed by atoms with Crippen LogP contribution in [0, 0.1) is 12.8 Å². The summed E-state index contributed by atoms with van der Waals surface area (Å²) in [5, 5.41) is 5.11. The summed E-state index contributed by atoms with van der Waals surface area (Å²) in [5.74, 6) is 0.263. The van der Waals surface area contributed by atoms with Gasteiger partial charge in [0.15, 0.2) is 0 Å². The van der Waals surface area contributed by atoms with Crippen LogP contribution in [0.15, 0.2) is 72.9 Å². The first-order valence-corrected chi connectivity index (χ1v) is 11.4. The number of likely N-dealkylation sites (tertiary alicyclic amines) is 1. The molecule has 0 saturated carbocycles. The number of hydrogen-bond donors (Lipinski definition) is 1. The van der Waals surface area contributed by atoms with Crippen LogP contribution in [0.25, 0.3) is 27.3 Å². The highest BCUT2D eigenvalue weighted by Gasteiger charge is 2.35. The molecule has 34 heavy (non-hydrogen) atoms. The highest BCUT2D eigenvalue weighted by atomic mass is 16.2. The minimum absolute atomic E-state index is 0.0251. The fraction of sp³-hybridized carbons (Fsp3) is 0.185. The Kier molecular flexibility index (Phi) is 4.76. The van der Waals surface area contributed by atoms with Crippen molar-refractivity contribution in [2.45, 2.75) is 19.9 Å². The molecule has 1 aliphatic rings. The fourth-order valence-corrected chi connectivity index (χ4v) is 4.97. The smallest absolute Gasteiger partial charge is 0.229 e. The van der Waals surface area contributed by atoms with Crippen molar-refractivity contribution in [1.29, 1.82) is 0 Å². The standard InChI is InChI=1S/C27H23N5O2/c1-17-29-22-11-4-2-9-20(22)26-25(21-10-3-5-12-23(21)32(17)26)30-27(34)18-14-24(33)31(15-18)16-19-8-6-7-13-28-19/h2-13,18H,14-16H2,1H3,(H,30,34). The lowest BCUT2D eigenvalue weighted by molar-refractivity contribution is -0.128. The highest BCUT2D eigenvalue weighted by molar-refractivity contribution is 6.16. The summed E-state index contributed by atoms with van der Waals surface area (Å²) in [6.07, 6.45) is 1.91. The third kappa shape index (κ3) is 3.28. The molecule has 1 N–H and O–H groups in total. The van der Waals surface area contributed by atoms with Gasteiger partial charge in [0.2, 0.25) is 11.8 Å². The van der Waals surface area contributed by atoms with Gasteiger partial charge in [0.05, 0.1) is 40.4 Å². The maximum Gasteiger partial charge on any atom is 0.229 e. The normalized spacial score (nSPS) is 16.1. The summed E-state index contributed by atoms with van der Waals surface area (Å²) >= 11 is 0. The molecule has 1 aliphatic heterocycles. The van der Waals surface area contributed by atoms with Gasteiger partial charge in [-0.1, -0.05) is 42.5 Å². The fourth-order valence-electron chi connectivity index (χ4n) is 4.97. The van der Waals surface area contributed by atoms with Gasteiger partial charge in [0, 0.05) is 29.9 Å². The Labute approximate surface area is 196 Å². The first-order valence-electron chi connectivity index (χ1n) is 11.4. The third-order valence-corrected chi connectivity index (χ3v) is 6.55. The Morgan fingerprint density at radius 1 is 1.03 bits per heavy atom. The largest absolute Gasteiger partial charge is 0.336 e. The summed E-state index contributed by atoms with van der Waals surface area (Å²) in [6, 6.07) is 21.6. The van der Waals surface area contributed by atoms with E-state index in [9.17, 15) is 9.59 Å². The first kappa shape index (κ1) is 20.4. The van der Waals surface area contributed by atoms with Crippen molar-refractivity contribution in [2.24, 2.45) is 5.92 Å². The molecule has 1 atom stereocenters. The molecule has 1 unspecified atom stereocenters. The summed E-state index contributed by atoms with van der Waals surface area (Å²) in [5.41, 5.74) is 4.37. The average molecular weight is 450 g/mol. The van der Waals surface area contributed by atoms with Gasteiger partial charge < -0.3 is 10.2 Å². The minimum atomic E-state index is -0.417. The van der Waals surface area contributed by atoms with E-state index in [0.717, 1.165) is 44.5 Å². The van der Waals surface area contributed by atoms with Crippen LogP contribution in [-0.2, 0) is 16.1 Å². The van der Waals surface area contributed by atoms with E-state index in [1.165, 1.54) is 0 Å². The van der Waals surface area contributed by atoms with Gasteiger partial charge in [0.25, 0.3) is 0 Å². The SMILES string of the molecule is Cc1nc2ccccc2c2c(NC(=O)C3CC(=O)N(Cc4ccccn4)C3)c3ccccc3n12. The minimum Gasteiger partial charge on any atom is -0.336 e. The Bertz CT molecular complexity index is 1570. The van der Waals surface area contributed by atoms with Crippen molar-refractivity contribution >= 4 is 44.8 Å². The van der Waals surface area contributed by atoms with E-state index in [4.69, 9.17) is 4.98 Å². The molecule has 0 radical (unpaired) electrons. The second kappa shape index (κ2) is 7.95. The number of carbonyl (C=O) groups excluding carboxylic acids is 2. The molecule has 0 spiro atoms.